The van der Waals surface area contributed by atoms with Gasteiger partial charge in [-0.05, 0) is 26.2 Å². The van der Waals surface area contributed by atoms with Crippen LogP contribution in [0.3, 0.4) is 0 Å². The van der Waals surface area contributed by atoms with Gasteiger partial charge in [-0.3, -0.25) is 9.48 Å². The molecule has 5 nitrogen and oxygen atoms in total. The summed E-state index contributed by atoms with van der Waals surface area (Å²) >= 11 is 0. The molecule has 5 heteroatoms. The Bertz CT molecular complexity index is 421. The molecule has 0 atom stereocenters. The maximum absolute atomic E-state index is 11.9. The normalized spacial score (nSPS) is 16.9. The van der Waals surface area contributed by atoms with E-state index in [-0.39, 0.29) is 5.97 Å². The van der Waals surface area contributed by atoms with Gasteiger partial charge in [0.1, 0.15) is 11.2 Å². The number of aromatic nitrogens is 3. The molecule has 1 fully saturated rings. The Morgan fingerprint density at radius 2 is 2.18 bits per heavy atom. The molecule has 1 heterocycles. The van der Waals surface area contributed by atoms with Crippen LogP contribution in [0, 0.1) is 0 Å². The summed E-state index contributed by atoms with van der Waals surface area (Å²) in [7, 11) is 1.85. The van der Waals surface area contributed by atoms with Crippen molar-refractivity contribution in [3.8, 4) is 0 Å². The van der Waals surface area contributed by atoms with Crippen LogP contribution < -0.4 is 0 Å². The van der Waals surface area contributed by atoms with Crippen molar-refractivity contribution in [2.24, 2.45) is 7.05 Å². The third-order valence-corrected chi connectivity index (χ3v) is 3.12. The second kappa shape index (κ2) is 4.47. The lowest BCUT2D eigenvalue weighted by Crippen LogP contribution is -2.26. The molecule has 1 aromatic heterocycles. The van der Waals surface area contributed by atoms with Gasteiger partial charge in [-0.25, -0.2) is 4.98 Å². The van der Waals surface area contributed by atoms with E-state index in [1.807, 2.05) is 14.0 Å². The van der Waals surface area contributed by atoms with Crippen LogP contribution >= 0.6 is 0 Å². The number of rotatable bonds is 5. The number of aryl methyl sites for hydroxylation is 2. The van der Waals surface area contributed by atoms with Crippen LogP contribution in [-0.4, -0.2) is 27.3 Å². The second-order valence-corrected chi connectivity index (χ2v) is 4.53. The van der Waals surface area contributed by atoms with Crippen molar-refractivity contribution in [2.45, 2.75) is 44.9 Å². The summed E-state index contributed by atoms with van der Waals surface area (Å²) in [4.78, 5) is 16.4. The minimum atomic E-state index is -0.510. The number of ether oxygens (including phenoxy) is 1. The molecule has 17 heavy (non-hydrogen) atoms. The molecule has 0 unspecified atom stereocenters. The van der Waals surface area contributed by atoms with Gasteiger partial charge in [-0.1, -0.05) is 6.92 Å². The summed E-state index contributed by atoms with van der Waals surface area (Å²) in [6, 6.07) is 0. The molecule has 0 amide bonds. The number of nitrogens with zero attached hydrogens (tertiary/aromatic N) is 3. The van der Waals surface area contributed by atoms with Crippen molar-refractivity contribution in [2.75, 3.05) is 6.61 Å². The molecule has 2 rings (SSSR count). The maximum atomic E-state index is 11.9. The van der Waals surface area contributed by atoms with Crippen molar-refractivity contribution >= 4 is 5.97 Å². The lowest BCUT2D eigenvalue weighted by atomic mass is 10.1. The number of esters is 1. The van der Waals surface area contributed by atoms with Crippen LogP contribution in [0.15, 0.2) is 0 Å². The largest absolute Gasteiger partial charge is 0.465 e. The first-order valence-electron chi connectivity index (χ1n) is 6.21. The Morgan fingerprint density at radius 3 is 2.71 bits per heavy atom. The van der Waals surface area contributed by atoms with E-state index in [4.69, 9.17) is 4.74 Å². The lowest BCUT2D eigenvalue weighted by molar-refractivity contribution is -0.146. The fraction of sp³-hybridized carbons (Fsp3) is 0.750. The SMILES string of the molecule is CCCc1nc(C2(C(=O)OCC)CC2)n(C)n1. The second-order valence-electron chi connectivity index (χ2n) is 4.53. The average Bonchev–Trinajstić information content (AvgIpc) is 3.00. The first-order chi connectivity index (χ1) is 8.14. The third-order valence-electron chi connectivity index (χ3n) is 3.12. The summed E-state index contributed by atoms with van der Waals surface area (Å²) in [6.45, 7) is 4.34. The molecule has 0 spiro atoms. The fourth-order valence-corrected chi connectivity index (χ4v) is 2.10. The molecule has 1 saturated carbocycles. The summed E-state index contributed by atoms with van der Waals surface area (Å²) in [5.41, 5.74) is -0.510. The number of carbonyl (C=O) groups excluding carboxylic acids is 1. The Balaban J connectivity index is 2.24. The highest BCUT2D eigenvalue weighted by molar-refractivity contribution is 5.85. The molecule has 0 aromatic carbocycles. The van der Waals surface area contributed by atoms with Gasteiger partial charge in [0.25, 0.3) is 0 Å². The summed E-state index contributed by atoms with van der Waals surface area (Å²) in [5.74, 6) is 1.43. The molecule has 0 bridgehead atoms. The number of carbonyl (C=O) groups is 1. The van der Waals surface area contributed by atoms with Gasteiger partial charge in [0.2, 0.25) is 0 Å². The summed E-state index contributed by atoms with van der Waals surface area (Å²) in [6.07, 6.45) is 3.51. The lowest BCUT2D eigenvalue weighted by Gasteiger charge is -2.12. The van der Waals surface area contributed by atoms with E-state index in [0.29, 0.717) is 6.61 Å². The minimum Gasteiger partial charge on any atom is -0.465 e. The fourth-order valence-electron chi connectivity index (χ4n) is 2.10. The van der Waals surface area contributed by atoms with Gasteiger partial charge < -0.3 is 4.74 Å². The highest BCUT2D eigenvalue weighted by Gasteiger charge is 2.56. The van der Waals surface area contributed by atoms with E-state index in [1.54, 1.807) is 4.68 Å². The van der Waals surface area contributed by atoms with Gasteiger partial charge in [0, 0.05) is 13.5 Å². The zero-order valence-electron chi connectivity index (χ0n) is 10.7. The van der Waals surface area contributed by atoms with Crippen molar-refractivity contribution < 1.29 is 9.53 Å². The Kier molecular flexibility index (Phi) is 3.17. The Hall–Kier alpha value is -1.39. The first-order valence-corrected chi connectivity index (χ1v) is 6.21. The molecule has 0 aliphatic heterocycles. The molecule has 1 aliphatic rings. The van der Waals surface area contributed by atoms with Crippen LogP contribution in [0.25, 0.3) is 0 Å². The monoisotopic (exact) mass is 237 g/mol. The number of hydrogen-bond acceptors (Lipinski definition) is 4. The highest BCUT2D eigenvalue weighted by Crippen LogP contribution is 2.48. The van der Waals surface area contributed by atoms with Gasteiger partial charge in [0.05, 0.1) is 6.61 Å². The molecule has 0 radical (unpaired) electrons. The van der Waals surface area contributed by atoms with Gasteiger partial charge in [0.15, 0.2) is 5.82 Å². The van der Waals surface area contributed by atoms with Gasteiger partial charge >= 0.3 is 5.97 Å². The molecule has 1 aliphatic carbocycles. The molecule has 94 valence electrons. The minimum absolute atomic E-state index is 0.154. The quantitative estimate of drug-likeness (QED) is 0.726. The zero-order chi connectivity index (χ0) is 12.5. The molecule has 0 N–H and O–H groups in total. The van der Waals surface area contributed by atoms with E-state index < -0.39 is 5.41 Å². The first kappa shape index (κ1) is 12.1. The Morgan fingerprint density at radius 1 is 1.47 bits per heavy atom. The molecule has 1 aromatic rings. The van der Waals surface area contributed by atoms with Crippen LogP contribution in [0.2, 0.25) is 0 Å². The van der Waals surface area contributed by atoms with Gasteiger partial charge in [-0.15, -0.1) is 0 Å². The van der Waals surface area contributed by atoms with Crippen molar-refractivity contribution in [1.82, 2.24) is 14.8 Å². The summed E-state index contributed by atoms with van der Waals surface area (Å²) in [5, 5.41) is 4.35. The van der Waals surface area contributed by atoms with Crippen LogP contribution in [0.1, 0.15) is 44.8 Å². The smallest absolute Gasteiger partial charge is 0.319 e. The highest BCUT2D eigenvalue weighted by atomic mass is 16.5. The average molecular weight is 237 g/mol. The zero-order valence-corrected chi connectivity index (χ0v) is 10.7. The standard InChI is InChI=1S/C12H19N3O2/c1-4-6-9-13-10(15(3)14-9)12(7-8-12)11(16)17-5-2/h4-8H2,1-3H3. The number of hydrogen-bond donors (Lipinski definition) is 0. The van der Waals surface area contributed by atoms with Crippen molar-refractivity contribution in [3.63, 3.8) is 0 Å². The van der Waals surface area contributed by atoms with E-state index in [1.165, 1.54) is 0 Å². The van der Waals surface area contributed by atoms with E-state index >= 15 is 0 Å². The predicted molar refractivity (Wildman–Crippen MR) is 62.5 cm³/mol. The van der Waals surface area contributed by atoms with Gasteiger partial charge in [-0.2, -0.15) is 5.10 Å². The van der Waals surface area contributed by atoms with E-state index in [2.05, 4.69) is 17.0 Å². The van der Waals surface area contributed by atoms with Crippen LogP contribution in [-0.2, 0) is 28.4 Å². The van der Waals surface area contributed by atoms with Crippen molar-refractivity contribution in [3.05, 3.63) is 11.6 Å². The Labute approximate surface area is 101 Å². The van der Waals surface area contributed by atoms with Crippen molar-refractivity contribution in [1.29, 1.82) is 0 Å². The molecule has 0 saturated heterocycles. The van der Waals surface area contributed by atoms with Crippen LogP contribution in [0.5, 0.6) is 0 Å². The van der Waals surface area contributed by atoms with E-state index in [0.717, 1.165) is 37.3 Å². The maximum Gasteiger partial charge on any atom is 0.319 e. The summed E-state index contributed by atoms with van der Waals surface area (Å²) < 4.78 is 6.86. The van der Waals surface area contributed by atoms with E-state index in [9.17, 15) is 4.79 Å². The third kappa shape index (κ3) is 2.06. The molecular formula is C12H19N3O2. The molecular weight excluding hydrogens is 218 g/mol. The van der Waals surface area contributed by atoms with Crippen LogP contribution in [0.4, 0.5) is 0 Å². The topological polar surface area (TPSA) is 57.0 Å². The predicted octanol–water partition coefficient (Wildman–Crippen LogP) is 1.36.